The van der Waals surface area contributed by atoms with E-state index in [1.165, 1.54) is 11.1 Å². The monoisotopic (exact) mass is 219 g/mol. The molecule has 0 N–H and O–H groups in total. The van der Waals surface area contributed by atoms with Gasteiger partial charge in [-0.3, -0.25) is 0 Å². The van der Waals surface area contributed by atoms with E-state index < -0.39 is 0 Å². The predicted molar refractivity (Wildman–Crippen MR) is 65.8 cm³/mol. The van der Waals surface area contributed by atoms with Gasteiger partial charge >= 0.3 is 0 Å². The highest BCUT2D eigenvalue weighted by Gasteiger charge is 2.04. The van der Waals surface area contributed by atoms with Gasteiger partial charge in [-0.1, -0.05) is 29.8 Å². The zero-order valence-corrected chi connectivity index (χ0v) is 9.54. The van der Waals surface area contributed by atoms with Crippen LogP contribution in [0.25, 0.3) is 5.57 Å². The molecule has 2 heteroatoms. The van der Waals surface area contributed by atoms with Crippen LogP contribution in [0, 0.1) is 0 Å². The maximum absolute atomic E-state index is 5.85. The van der Waals surface area contributed by atoms with Gasteiger partial charge < -0.3 is 4.90 Å². The predicted octanol–water partition coefficient (Wildman–Crippen LogP) is 3.57. The topological polar surface area (TPSA) is 3.24 Å². The highest BCUT2D eigenvalue weighted by atomic mass is 35.5. The fraction of sp³-hybridized carbons (Fsp3) is 0.231. The fourth-order valence-corrected chi connectivity index (χ4v) is 1.75. The quantitative estimate of drug-likeness (QED) is 0.735. The van der Waals surface area contributed by atoms with Crippen molar-refractivity contribution in [2.45, 2.75) is 6.92 Å². The standard InChI is InChI=1S/C13H14ClN/c1-2-15-9-7-12(8-10-15)11-3-5-13(14)6-4-11/h3-9H,2,10H2,1H3. The zero-order chi connectivity index (χ0) is 10.7. The maximum atomic E-state index is 5.85. The molecule has 0 saturated heterocycles. The van der Waals surface area contributed by atoms with Crippen molar-refractivity contribution in [3.63, 3.8) is 0 Å². The lowest BCUT2D eigenvalue weighted by atomic mass is 10.0. The molecule has 0 atom stereocenters. The largest absolute Gasteiger partial charge is 0.374 e. The molecule has 0 fully saturated rings. The van der Waals surface area contributed by atoms with Crippen molar-refractivity contribution < 1.29 is 0 Å². The van der Waals surface area contributed by atoms with Crippen LogP contribution >= 0.6 is 11.6 Å². The van der Waals surface area contributed by atoms with E-state index in [-0.39, 0.29) is 0 Å². The van der Waals surface area contributed by atoms with Crippen LogP contribution in [0.3, 0.4) is 0 Å². The van der Waals surface area contributed by atoms with E-state index in [0.29, 0.717) is 0 Å². The molecule has 0 radical (unpaired) electrons. The molecule has 0 spiro atoms. The third-order valence-electron chi connectivity index (χ3n) is 2.59. The Kier molecular flexibility index (Phi) is 3.12. The first-order valence-corrected chi connectivity index (χ1v) is 5.56. The molecule has 78 valence electrons. The summed E-state index contributed by atoms with van der Waals surface area (Å²) in [4.78, 5) is 2.26. The highest BCUT2D eigenvalue weighted by molar-refractivity contribution is 6.30. The van der Waals surface area contributed by atoms with Crippen molar-refractivity contribution in [3.05, 3.63) is 53.2 Å². The molecule has 1 nitrogen and oxygen atoms in total. The third kappa shape index (κ3) is 2.42. The number of hydrogen-bond acceptors (Lipinski definition) is 1. The van der Waals surface area contributed by atoms with Gasteiger partial charge in [-0.15, -0.1) is 0 Å². The molecule has 15 heavy (non-hydrogen) atoms. The van der Waals surface area contributed by atoms with Crippen LogP contribution in [0.4, 0.5) is 0 Å². The minimum absolute atomic E-state index is 0.786. The number of allylic oxidation sites excluding steroid dienone is 2. The molecule has 1 aliphatic heterocycles. The number of rotatable bonds is 2. The van der Waals surface area contributed by atoms with Crippen molar-refractivity contribution >= 4 is 17.2 Å². The molecule has 0 saturated carbocycles. The third-order valence-corrected chi connectivity index (χ3v) is 2.85. The Labute approximate surface area is 95.7 Å². The van der Waals surface area contributed by atoms with Crippen molar-refractivity contribution in [1.29, 1.82) is 0 Å². The number of likely N-dealkylation sites (N-methyl/N-ethyl adjacent to an activating group) is 1. The number of nitrogens with zero attached hydrogens (tertiary/aromatic N) is 1. The van der Waals surface area contributed by atoms with Gasteiger partial charge in [-0.25, -0.2) is 0 Å². The average molecular weight is 220 g/mol. The molecule has 1 aromatic rings. The van der Waals surface area contributed by atoms with Crippen molar-refractivity contribution in [2.75, 3.05) is 13.1 Å². The van der Waals surface area contributed by atoms with Crippen molar-refractivity contribution in [2.24, 2.45) is 0 Å². The average Bonchev–Trinajstić information content (AvgIpc) is 2.30. The van der Waals surface area contributed by atoms with Gasteiger partial charge in [0.05, 0.1) is 0 Å². The van der Waals surface area contributed by atoms with E-state index in [1.807, 2.05) is 12.1 Å². The van der Waals surface area contributed by atoms with Gasteiger partial charge in [-0.2, -0.15) is 0 Å². The Morgan fingerprint density at radius 2 is 2.00 bits per heavy atom. The van der Waals surface area contributed by atoms with E-state index >= 15 is 0 Å². The minimum Gasteiger partial charge on any atom is -0.374 e. The summed E-state index contributed by atoms with van der Waals surface area (Å²) in [7, 11) is 0. The second-order valence-corrected chi connectivity index (χ2v) is 4.01. The number of benzene rings is 1. The van der Waals surface area contributed by atoms with E-state index in [4.69, 9.17) is 11.6 Å². The lowest BCUT2D eigenvalue weighted by Gasteiger charge is -2.20. The summed E-state index contributed by atoms with van der Waals surface area (Å²) in [5, 5.41) is 0.786. The summed E-state index contributed by atoms with van der Waals surface area (Å²) in [6.07, 6.45) is 6.53. The van der Waals surface area contributed by atoms with Gasteiger partial charge in [0.25, 0.3) is 0 Å². The van der Waals surface area contributed by atoms with Crippen molar-refractivity contribution in [1.82, 2.24) is 4.90 Å². The molecular formula is C13H14ClN. The maximum Gasteiger partial charge on any atom is 0.0406 e. The molecule has 1 heterocycles. The SMILES string of the molecule is CCN1C=CC(c2ccc(Cl)cc2)=CC1. The van der Waals surface area contributed by atoms with Gasteiger partial charge in [0.2, 0.25) is 0 Å². The van der Waals surface area contributed by atoms with Crippen LogP contribution in [0.2, 0.25) is 5.02 Å². The smallest absolute Gasteiger partial charge is 0.0406 e. The normalized spacial score (nSPS) is 15.3. The minimum atomic E-state index is 0.786. The molecular weight excluding hydrogens is 206 g/mol. The Bertz CT molecular complexity index is 390. The zero-order valence-electron chi connectivity index (χ0n) is 8.78. The first kappa shape index (κ1) is 10.3. The van der Waals surface area contributed by atoms with Gasteiger partial charge in [0, 0.05) is 18.1 Å². The molecule has 2 rings (SSSR count). The first-order valence-electron chi connectivity index (χ1n) is 5.18. The second-order valence-electron chi connectivity index (χ2n) is 3.57. The number of hydrogen-bond donors (Lipinski definition) is 0. The lowest BCUT2D eigenvalue weighted by molar-refractivity contribution is 0.437. The molecule has 0 aromatic heterocycles. The van der Waals surface area contributed by atoms with E-state index in [0.717, 1.165) is 18.1 Å². The lowest BCUT2D eigenvalue weighted by Crippen LogP contribution is -2.18. The Morgan fingerprint density at radius 3 is 2.53 bits per heavy atom. The molecule has 0 unspecified atom stereocenters. The molecule has 0 aliphatic carbocycles. The van der Waals surface area contributed by atoms with Gasteiger partial charge in [0.1, 0.15) is 0 Å². The van der Waals surface area contributed by atoms with E-state index in [9.17, 15) is 0 Å². The highest BCUT2D eigenvalue weighted by Crippen LogP contribution is 2.21. The van der Waals surface area contributed by atoms with E-state index in [2.05, 4.69) is 42.3 Å². The fourth-order valence-electron chi connectivity index (χ4n) is 1.62. The van der Waals surface area contributed by atoms with Crippen LogP contribution in [0.1, 0.15) is 12.5 Å². The van der Waals surface area contributed by atoms with E-state index in [1.54, 1.807) is 0 Å². The molecule has 0 bridgehead atoms. The summed E-state index contributed by atoms with van der Waals surface area (Å²) in [5.74, 6) is 0. The number of halogens is 1. The van der Waals surface area contributed by atoms with Crippen LogP contribution in [0.5, 0.6) is 0 Å². The second kappa shape index (κ2) is 4.54. The van der Waals surface area contributed by atoms with Gasteiger partial charge in [-0.05, 0) is 42.5 Å². The summed E-state index contributed by atoms with van der Waals surface area (Å²) in [5.41, 5.74) is 2.50. The van der Waals surface area contributed by atoms with Crippen LogP contribution in [-0.2, 0) is 0 Å². The Hall–Kier alpha value is -1.21. The first-order chi connectivity index (χ1) is 7.29. The molecule has 1 aliphatic rings. The van der Waals surface area contributed by atoms with Gasteiger partial charge in [0.15, 0.2) is 0 Å². The summed E-state index contributed by atoms with van der Waals surface area (Å²) in [6.45, 7) is 4.21. The summed E-state index contributed by atoms with van der Waals surface area (Å²) >= 11 is 5.85. The van der Waals surface area contributed by atoms with Crippen LogP contribution in [-0.4, -0.2) is 18.0 Å². The molecule has 1 aromatic carbocycles. The Balaban J connectivity index is 2.17. The summed E-state index contributed by atoms with van der Waals surface area (Å²) in [6, 6.07) is 7.97. The van der Waals surface area contributed by atoms with Crippen LogP contribution < -0.4 is 0 Å². The summed E-state index contributed by atoms with van der Waals surface area (Å²) < 4.78 is 0. The van der Waals surface area contributed by atoms with Crippen molar-refractivity contribution in [3.8, 4) is 0 Å². The molecule has 0 amide bonds. The Morgan fingerprint density at radius 1 is 1.27 bits per heavy atom. The van der Waals surface area contributed by atoms with Crippen LogP contribution in [0.15, 0.2) is 42.6 Å².